The summed E-state index contributed by atoms with van der Waals surface area (Å²) in [6.07, 6.45) is 8.05. The van der Waals surface area contributed by atoms with Crippen molar-refractivity contribution in [3.63, 3.8) is 0 Å². The van der Waals surface area contributed by atoms with Crippen molar-refractivity contribution in [2.75, 3.05) is 0 Å². The van der Waals surface area contributed by atoms with Gasteiger partial charge in [-0.2, -0.15) is 0 Å². The van der Waals surface area contributed by atoms with E-state index < -0.39 is 0 Å². The van der Waals surface area contributed by atoms with Crippen molar-refractivity contribution >= 4 is 115 Å². The summed E-state index contributed by atoms with van der Waals surface area (Å²) in [6.45, 7) is 2.30. The first-order valence-corrected chi connectivity index (χ1v) is 35.4. The first-order chi connectivity index (χ1) is 51.0. The minimum absolute atomic E-state index is 0.486. The van der Waals surface area contributed by atoms with E-state index in [9.17, 15) is 0 Å². The maximum absolute atomic E-state index is 5.62. The van der Waals surface area contributed by atoms with Gasteiger partial charge in [0, 0.05) is 76.4 Å². The van der Waals surface area contributed by atoms with Crippen LogP contribution in [0.15, 0.2) is 340 Å². The van der Waals surface area contributed by atoms with Gasteiger partial charge >= 0.3 is 0 Å². The fraction of sp³-hybridized carbons (Fsp3) is 0.0316. The molecule has 6 heterocycles. The number of aromatic nitrogens is 8. The molecule has 20 aromatic rings. The van der Waals surface area contributed by atoms with E-state index in [4.69, 9.17) is 19.9 Å². The molecule has 0 fully saturated rings. The molecule has 0 N–H and O–H groups in total. The maximum atomic E-state index is 5.62. The van der Waals surface area contributed by atoms with Gasteiger partial charge in [0.25, 0.3) is 0 Å². The van der Waals surface area contributed by atoms with Crippen molar-refractivity contribution < 1.29 is 0 Å². The van der Waals surface area contributed by atoms with E-state index in [1.165, 1.54) is 38.6 Å². The Kier molecular flexibility index (Phi) is 13.2. The molecular weight excluding hydrogens is 1250 g/mol. The lowest BCUT2D eigenvalue weighted by molar-refractivity contribution is 0.735. The van der Waals surface area contributed by atoms with Crippen LogP contribution in [0, 0.1) is 5.92 Å². The number of allylic oxidation sites excluding steroid dienone is 4. The molecule has 103 heavy (non-hydrogen) atoms. The third-order valence-electron chi connectivity index (χ3n) is 21.3. The van der Waals surface area contributed by atoms with Crippen LogP contribution in [0.2, 0.25) is 0 Å². The van der Waals surface area contributed by atoms with Gasteiger partial charge in [-0.1, -0.05) is 231 Å². The number of rotatable bonds is 10. The lowest BCUT2D eigenvalue weighted by Gasteiger charge is -2.15. The monoisotopic (exact) mass is 1310 g/mol. The average Bonchev–Trinajstić information content (AvgIpc) is 1.63. The summed E-state index contributed by atoms with van der Waals surface area (Å²) >= 11 is 0. The van der Waals surface area contributed by atoms with Crippen LogP contribution in [0.5, 0.6) is 0 Å². The Hall–Kier alpha value is -13.6. The summed E-state index contributed by atoms with van der Waals surface area (Å²) < 4.78 is 9.32. The van der Waals surface area contributed by atoms with Crippen LogP contribution < -0.4 is 0 Å². The van der Waals surface area contributed by atoms with E-state index >= 15 is 0 Å². The van der Waals surface area contributed by atoms with Gasteiger partial charge in [0.1, 0.15) is 0 Å². The van der Waals surface area contributed by atoms with Crippen molar-refractivity contribution in [3.8, 4) is 84.6 Å². The summed E-state index contributed by atoms with van der Waals surface area (Å²) in [5.74, 6) is 1.74. The van der Waals surface area contributed by atoms with Gasteiger partial charge in [0.15, 0.2) is 0 Å². The van der Waals surface area contributed by atoms with Gasteiger partial charge in [-0.3, -0.25) is 9.13 Å². The number of fused-ring (bicyclic) bond motifs is 14. The van der Waals surface area contributed by atoms with Crippen LogP contribution in [0.3, 0.4) is 0 Å². The molecule has 8 heteroatoms. The molecule has 21 rings (SSSR count). The summed E-state index contributed by atoms with van der Waals surface area (Å²) in [7, 11) is 0. The summed E-state index contributed by atoms with van der Waals surface area (Å²) in [6, 6.07) is 116. The van der Waals surface area contributed by atoms with E-state index in [2.05, 4.69) is 365 Å². The Balaban J connectivity index is 0.670. The molecule has 0 bridgehead atoms. The third-order valence-corrected chi connectivity index (χ3v) is 21.3. The summed E-state index contributed by atoms with van der Waals surface area (Å²) in [4.78, 5) is 21.9. The highest BCUT2D eigenvalue weighted by Gasteiger charge is 2.24. The van der Waals surface area contributed by atoms with Crippen LogP contribution >= 0.6 is 0 Å². The van der Waals surface area contributed by atoms with Gasteiger partial charge in [0.2, 0.25) is 11.9 Å². The molecule has 1 atom stereocenters. The maximum Gasteiger partial charge on any atom is 0.235 e. The second kappa shape index (κ2) is 23.3. The second-order valence-electron chi connectivity index (χ2n) is 27.4. The molecule has 8 nitrogen and oxygen atoms in total. The Labute approximate surface area is 592 Å². The predicted octanol–water partition coefficient (Wildman–Crippen LogP) is 24.4. The molecule has 0 radical (unpaired) electrons. The summed E-state index contributed by atoms with van der Waals surface area (Å²) in [5.41, 5.74) is 25.9. The standard InChI is InChI=1S/C95H62N8/c1-59-20-19-27-71(52-59)101-84-33-16-12-28-72(84)76-53-65(41-47-87(76)101)66-44-50-91-77(54-66)74-30-14-18-35-86(74)103(91)95-97-83-46-40-64(58-81(83)93(99-95)62-23-7-3-8-24-62)68-42-48-88-79(56-68)80-57-69(43-49-89(80)100(88)70-25-9-4-10-26-70)67-45-51-90-78(55-67)73-29-13-17-34-85(73)102(90)94-96-82-32-15-11-31-75(82)92(98-94)63-38-36-61(37-39-63)60-21-5-2-6-22-60/h2-19,21-59H,20H2,1H3. The zero-order valence-corrected chi connectivity index (χ0v) is 56.2. The van der Waals surface area contributed by atoms with Crippen LogP contribution in [0.25, 0.3) is 199 Å². The van der Waals surface area contributed by atoms with Crippen molar-refractivity contribution in [2.45, 2.75) is 13.3 Å². The normalized spacial score (nSPS) is 13.4. The topological polar surface area (TPSA) is 71.3 Å². The third kappa shape index (κ3) is 9.45. The molecule has 0 amide bonds. The van der Waals surface area contributed by atoms with Crippen molar-refractivity contribution in [1.29, 1.82) is 0 Å². The van der Waals surface area contributed by atoms with E-state index in [0.29, 0.717) is 17.8 Å². The molecule has 1 aliphatic carbocycles. The number of benzene rings is 14. The Bertz CT molecular complexity index is 6950. The van der Waals surface area contributed by atoms with Gasteiger partial charge in [-0.05, 0) is 172 Å². The fourth-order valence-electron chi connectivity index (χ4n) is 16.4. The van der Waals surface area contributed by atoms with Crippen LogP contribution in [0.4, 0.5) is 0 Å². The molecule has 482 valence electrons. The highest BCUT2D eigenvalue weighted by molar-refractivity contribution is 6.16. The van der Waals surface area contributed by atoms with E-state index in [-0.39, 0.29) is 0 Å². The fourth-order valence-corrected chi connectivity index (χ4v) is 16.4. The lowest BCUT2D eigenvalue weighted by atomic mass is 9.98. The second-order valence-corrected chi connectivity index (χ2v) is 27.4. The highest BCUT2D eigenvalue weighted by atomic mass is 15.2. The average molecular weight is 1320 g/mol. The molecule has 6 aromatic heterocycles. The molecule has 0 saturated heterocycles. The lowest BCUT2D eigenvalue weighted by Crippen LogP contribution is -2.03. The van der Waals surface area contributed by atoms with Crippen molar-refractivity contribution in [2.24, 2.45) is 5.92 Å². The minimum Gasteiger partial charge on any atom is -0.310 e. The zero-order chi connectivity index (χ0) is 67.8. The van der Waals surface area contributed by atoms with Crippen LogP contribution in [0.1, 0.15) is 13.3 Å². The van der Waals surface area contributed by atoms with Gasteiger partial charge in [0.05, 0.1) is 66.6 Å². The number of hydrogen-bond donors (Lipinski definition) is 0. The molecule has 1 unspecified atom stereocenters. The van der Waals surface area contributed by atoms with Crippen molar-refractivity contribution in [1.82, 2.24) is 38.2 Å². The van der Waals surface area contributed by atoms with Gasteiger partial charge < -0.3 is 9.13 Å². The minimum atomic E-state index is 0.486. The molecule has 0 spiro atoms. The van der Waals surface area contributed by atoms with Crippen LogP contribution in [-0.2, 0) is 0 Å². The Morgan fingerprint density at radius 1 is 0.252 bits per heavy atom. The molecular formula is C95H62N8. The smallest absolute Gasteiger partial charge is 0.235 e. The molecule has 1 aliphatic rings. The first kappa shape index (κ1) is 58.4. The number of hydrogen-bond acceptors (Lipinski definition) is 4. The largest absolute Gasteiger partial charge is 0.310 e. The molecule has 0 saturated carbocycles. The Morgan fingerprint density at radius 2 is 0.583 bits per heavy atom. The predicted molar refractivity (Wildman–Crippen MR) is 428 cm³/mol. The van der Waals surface area contributed by atoms with E-state index in [1.807, 2.05) is 0 Å². The summed E-state index contributed by atoms with van der Waals surface area (Å²) in [5, 5.41) is 11.4. The van der Waals surface area contributed by atoms with Gasteiger partial charge in [-0.25, -0.2) is 19.9 Å². The van der Waals surface area contributed by atoms with Crippen LogP contribution in [-0.4, -0.2) is 38.2 Å². The van der Waals surface area contributed by atoms with Gasteiger partial charge in [-0.15, -0.1) is 0 Å². The number of para-hydroxylation sites is 5. The number of nitrogens with zero attached hydrogens (tertiary/aromatic N) is 8. The van der Waals surface area contributed by atoms with Crippen molar-refractivity contribution in [3.05, 3.63) is 340 Å². The molecule has 0 aliphatic heterocycles. The zero-order valence-electron chi connectivity index (χ0n) is 56.2. The highest BCUT2D eigenvalue weighted by Crippen LogP contribution is 2.44. The SMILES string of the molecule is CC1C=C(n2c3ccccc3c3cc(-c4ccc5c(c4)c4ccccc4n5-c4nc(-c5ccccc5)c5cc(-c6ccc7c(c6)c6cc(-c8ccc9c(c8)c8ccccc8n9-c8nc(-c9ccc(-c%10ccccc%10)cc9)c9ccccc9n8)ccc6n7-c6ccccc6)ccc5n4)ccc32)C=CC1. The molecule has 14 aromatic carbocycles. The van der Waals surface area contributed by atoms with E-state index in [0.717, 1.165) is 155 Å². The van der Waals surface area contributed by atoms with E-state index in [1.54, 1.807) is 0 Å². The first-order valence-electron chi connectivity index (χ1n) is 35.4. The quantitative estimate of drug-likeness (QED) is 0.137. The Morgan fingerprint density at radius 3 is 1.09 bits per heavy atom.